The van der Waals surface area contributed by atoms with Crippen LogP contribution >= 0.6 is 23.4 Å². The molecule has 0 N–H and O–H groups in total. The Bertz CT molecular complexity index is 521. The molecule has 1 heterocycles. The minimum absolute atomic E-state index is 0.0259. The fraction of sp³-hybridized carbons (Fsp3) is 0.538. The second-order valence-electron chi connectivity index (χ2n) is 4.13. The standard InChI is InChI=1S/C13H17ClN2O4S/c1-5-19-10(17)13(3,11(18)20-6-2)8-7-15-12(21-4)16-9(8)14/h7H,5-6H2,1-4H3. The van der Waals surface area contributed by atoms with E-state index in [1.807, 2.05) is 0 Å². The first kappa shape index (κ1) is 17.7. The highest BCUT2D eigenvalue weighted by Gasteiger charge is 2.48. The molecule has 116 valence electrons. The van der Waals surface area contributed by atoms with Crippen molar-refractivity contribution in [3.8, 4) is 0 Å². The van der Waals surface area contributed by atoms with E-state index in [9.17, 15) is 9.59 Å². The Morgan fingerprint density at radius 1 is 1.29 bits per heavy atom. The lowest BCUT2D eigenvalue weighted by molar-refractivity contribution is -0.163. The van der Waals surface area contributed by atoms with Crippen LogP contribution < -0.4 is 0 Å². The minimum Gasteiger partial charge on any atom is -0.465 e. The number of nitrogens with zero attached hydrogens (tertiary/aromatic N) is 2. The molecule has 0 saturated heterocycles. The molecular weight excluding hydrogens is 316 g/mol. The lowest BCUT2D eigenvalue weighted by atomic mass is 9.84. The number of rotatable bonds is 6. The third-order valence-corrected chi connectivity index (χ3v) is 3.66. The van der Waals surface area contributed by atoms with Crippen LogP contribution in [-0.2, 0) is 24.5 Å². The second-order valence-corrected chi connectivity index (χ2v) is 5.26. The Hall–Kier alpha value is -1.34. The molecule has 0 unspecified atom stereocenters. The fourth-order valence-corrected chi connectivity index (χ4v) is 2.34. The monoisotopic (exact) mass is 332 g/mol. The third kappa shape index (κ3) is 3.65. The van der Waals surface area contributed by atoms with Crippen molar-refractivity contribution in [2.45, 2.75) is 31.3 Å². The van der Waals surface area contributed by atoms with Crippen LogP contribution in [0.25, 0.3) is 0 Å². The summed E-state index contributed by atoms with van der Waals surface area (Å²) in [6.45, 7) is 4.97. The van der Waals surface area contributed by atoms with E-state index in [0.717, 1.165) is 0 Å². The molecule has 1 aromatic heterocycles. The number of halogens is 1. The summed E-state index contributed by atoms with van der Waals surface area (Å²) in [5.74, 6) is -1.49. The molecule has 0 aliphatic heterocycles. The van der Waals surface area contributed by atoms with E-state index < -0.39 is 17.4 Å². The molecule has 0 fully saturated rings. The zero-order chi connectivity index (χ0) is 16.0. The Balaban J connectivity index is 3.36. The van der Waals surface area contributed by atoms with E-state index in [2.05, 4.69) is 9.97 Å². The lowest BCUT2D eigenvalue weighted by Crippen LogP contribution is -2.44. The molecule has 0 bridgehead atoms. The topological polar surface area (TPSA) is 78.4 Å². The highest BCUT2D eigenvalue weighted by Crippen LogP contribution is 2.32. The molecule has 0 aliphatic carbocycles. The van der Waals surface area contributed by atoms with Gasteiger partial charge in [-0.3, -0.25) is 9.59 Å². The molecule has 1 rings (SSSR count). The maximum atomic E-state index is 12.2. The van der Waals surface area contributed by atoms with E-state index in [4.69, 9.17) is 21.1 Å². The van der Waals surface area contributed by atoms with Crippen molar-refractivity contribution in [2.24, 2.45) is 0 Å². The molecule has 0 atom stereocenters. The zero-order valence-corrected chi connectivity index (χ0v) is 13.9. The summed E-state index contributed by atoms with van der Waals surface area (Å²) in [7, 11) is 0. The SMILES string of the molecule is CCOC(=O)C(C)(C(=O)OCC)c1cnc(SC)nc1Cl. The summed E-state index contributed by atoms with van der Waals surface area (Å²) >= 11 is 7.40. The van der Waals surface area contributed by atoms with Crippen molar-refractivity contribution in [1.82, 2.24) is 9.97 Å². The van der Waals surface area contributed by atoms with Gasteiger partial charge in [0.15, 0.2) is 10.6 Å². The molecule has 0 saturated carbocycles. The van der Waals surface area contributed by atoms with Crippen molar-refractivity contribution in [3.05, 3.63) is 16.9 Å². The minimum atomic E-state index is -1.69. The average Bonchev–Trinajstić information content (AvgIpc) is 2.46. The summed E-state index contributed by atoms with van der Waals surface area (Å²) < 4.78 is 9.96. The molecule has 0 spiro atoms. The van der Waals surface area contributed by atoms with Gasteiger partial charge in [-0.15, -0.1) is 0 Å². The highest BCUT2D eigenvalue weighted by molar-refractivity contribution is 7.98. The smallest absolute Gasteiger partial charge is 0.327 e. The van der Waals surface area contributed by atoms with Gasteiger partial charge in [-0.25, -0.2) is 9.97 Å². The van der Waals surface area contributed by atoms with Crippen LogP contribution in [0.3, 0.4) is 0 Å². The molecule has 0 aromatic carbocycles. The number of aromatic nitrogens is 2. The van der Waals surface area contributed by atoms with Crippen LogP contribution in [0.4, 0.5) is 0 Å². The molecule has 0 radical (unpaired) electrons. The molecule has 21 heavy (non-hydrogen) atoms. The van der Waals surface area contributed by atoms with Crippen molar-refractivity contribution in [3.63, 3.8) is 0 Å². The van der Waals surface area contributed by atoms with Gasteiger partial charge in [0.2, 0.25) is 0 Å². The first-order valence-corrected chi connectivity index (χ1v) is 7.93. The molecule has 8 heteroatoms. The van der Waals surface area contributed by atoms with Gasteiger partial charge in [-0.2, -0.15) is 0 Å². The van der Waals surface area contributed by atoms with Crippen LogP contribution in [0, 0.1) is 0 Å². The zero-order valence-electron chi connectivity index (χ0n) is 12.3. The highest BCUT2D eigenvalue weighted by atomic mass is 35.5. The molecule has 0 aliphatic rings. The normalized spacial score (nSPS) is 11.1. The number of esters is 2. The second kappa shape index (κ2) is 7.61. The Labute approximate surface area is 132 Å². The Morgan fingerprint density at radius 2 is 1.81 bits per heavy atom. The molecule has 1 aromatic rings. The first-order chi connectivity index (χ1) is 9.91. The van der Waals surface area contributed by atoms with Gasteiger partial charge in [0.1, 0.15) is 5.15 Å². The third-order valence-electron chi connectivity index (χ3n) is 2.81. The lowest BCUT2D eigenvalue weighted by Gasteiger charge is -2.25. The van der Waals surface area contributed by atoms with Crippen LogP contribution in [-0.4, -0.2) is 41.4 Å². The van der Waals surface area contributed by atoms with Gasteiger partial charge in [-0.1, -0.05) is 23.4 Å². The Kier molecular flexibility index (Phi) is 6.42. The van der Waals surface area contributed by atoms with Crippen LogP contribution in [0.2, 0.25) is 5.15 Å². The summed E-state index contributed by atoms with van der Waals surface area (Å²) in [4.78, 5) is 32.6. The number of carbonyl (C=O) groups is 2. The maximum Gasteiger partial charge on any atom is 0.327 e. The number of carbonyl (C=O) groups excluding carboxylic acids is 2. The average molecular weight is 333 g/mol. The van der Waals surface area contributed by atoms with Crippen molar-refractivity contribution in [2.75, 3.05) is 19.5 Å². The van der Waals surface area contributed by atoms with Crippen molar-refractivity contribution < 1.29 is 19.1 Å². The largest absolute Gasteiger partial charge is 0.465 e. The van der Waals surface area contributed by atoms with E-state index in [1.165, 1.54) is 24.9 Å². The van der Waals surface area contributed by atoms with Crippen LogP contribution in [0.5, 0.6) is 0 Å². The quantitative estimate of drug-likeness (QED) is 0.260. The number of hydrogen-bond acceptors (Lipinski definition) is 7. The molecular formula is C13H17ClN2O4S. The van der Waals surface area contributed by atoms with Gasteiger partial charge in [0.05, 0.1) is 13.2 Å². The van der Waals surface area contributed by atoms with E-state index in [0.29, 0.717) is 5.16 Å². The maximum absolute atomic E-state index is 12.2. The van der Waals surface area contributed by atoms with Gasteiger partial charge in [-0.05, 0) is 27.0 Å². The predicted octanol–water partition coefficient (Wildman–Crippen LogP) is 2.24. The van der Waals surface area contributed by atoms with Crippen LogP contribution in [0.15, 0.2) is 11.4 Å². The summed E-state index contributed by atoms with van der Waals surface area (Å²) in [6.07, 6.45) is 3.15. The summed E-state index contributed by atoms with van der Waals surface area (Å²) in [5, 5.41) is 0.469. The van der Waals surface area contributed by atoms with E-state index in [1.54, 1.807) is 20.1 Å². The Morgan fingerprint density at radius 3 is 2.19 bits per heavy atom. The first-order valence-electron chi connectivity index (χ1n) is 6.33. The molecule has 0 amide bonds. The predicted molar refractivity (Wildman–Crippen MR) is 79.4 cm³/mol. The number of hydrogen-bond donors (Lipinski definition) is 0. The fourth-order valence-electron chi connectivity index (χ4n) is 1.63. The van der Waals surface area contributed by atoms with Crippen LogP contribution in [0.1, 0.15) is 26.3 Å². The van der Waals surface area contributed by atoms with E-state index in [-0.39, 0.29) is 23.9 Å². The number of thioether (sulfide) groups is 1. The van der Waals surface area contributed by atoms with Gasteiger partial charge in [0, 0.05) is 11.8 Å². The summed E-state index contributed by atoms with van der Waals surface area (Å²) in [5.41, 5.74) is -1.53. The van der Waals surface area contributed by atoms with Gasteiger partial charge >= 0.3 is 11.9 Å². The van der Waals surface area contributed by atoms with Crippen molar-refractivity contribution >= 4 is 35.3 Å². The van der Waals surface area contributed by atoms with Gasteiger partial charge < -0.3 is 9.47 Å². The molecule has 6 nitrogen and oxygen atoms in total. The summed E-state index contributed by atoms with van der Waals surface area (Å²) in [6, 6.07) is 0. The van der Waals surface area contributed by atoms with Gasteiger partial charge in [0.25, 0.3) is 0 Å². The van der Waals surface area contributed by atoms with Crippen molar-refractivity contribution in [1.29, 1.82) is 0 Å². The number of ether oxygens (including phenoxy) is 2. The van der Waals surface area contributed by atoms with E-state index >= 15 is 0 Å².